The van der Waals surface area contributed by atoms with Gasteiger partial charge in [0.05, 0.1) is 0 Å². The van der Waals surface area contributed by atoms with Crippen LogP contribution in [-0.2, 0) is 11.8 Å². The van der Waals surface area contributed by atoms with Gasteiger partial charge in [-0.05, 0) is 12.1 Å². The van der Waals surface area contributed by atoms with Gasteiger partial charge in [-0.1, -0.05) is 24.8 Å². The SMILES string of the molecule is C=C[SH+]c1ccccc1. The van der Waals surface area contributed by atoms with Crippen molar-refractivity contribution in [1.29, 1.82) is 0 Å². The second-order valence-electron chi connectivity index (χ2n) is 1.65. The third-order valence-corrected chi connectivity index (χ3v) is 1.78. The van der Waals surface area contributed by atoms with Crippen LogP contribution in [0, 0.1) is 0 Å². The lowest BCUT2D eigenvalue weighted by Gasteiger charge is -1.81. The van der Waals surface area contributed by atoms with Crippen LogP contribution in [0.5, 0.6) is 0 Å². The standard InChI is InChI=1S/C8H8S/c1-2-9-8-6-4-3-5-7-8/h2-7H,1H2/p+1. The van der Waals surface area contributed by atoms with E-state index in [0.717, 1.165) is 0 Å². The lowest BCUT2D eigenvalue weighted by atomic mass is 10.4. The maximum Gasteiger partial charge on any atom is 0.157 e. The monoisotopic (exact) mass is 137 g/mol. The lowest BCUT2D eigenvalue weighted by molar-refractivity contribution is 1.47. The van der Waals surface area contributed by atoms with Crippen molar-refractivity contribution in [2.24, 2.45) is 0 Å². The molecule has 0 aliphatic carbocycles. The Labute approximate surface area is 59.6 Å². The first-order chi connectivity index (χ1) is 4.43. The molecule has 1 aromatic rings. The van der Waals surface area contributed by atoms with Crippen molar-refractivity contribution in [1.82, 2.24) is 0 Å². The van der Waals surface area contributed by atoms with E-state index in [1.807, 2.05) is 23.6 Å². The van der Waals surface area contributed by atoms with E-state index in [1.54, 1.807) is 0 Å². The van der Waals surface area contributed by atoms with Crippen LogP contribution < -0.4 is 0 Å². The van der Waals surface area contributed by atoms with Crippen LogP contribution in [0.15, 0.2) is 47.2 Å². The van der Waals surface area contributed by atoms with Crippen molar-refractivity contribution < 1.29 is 0 Å². The molecule has 1 rings (SSSR count). The van der Waals surface area contributed by atoms with Gasteiger partial charge in [0.2, 0.25) is 0 Å². The van der Waals surface area contributed by atoms with Crippen LogP contribution in [0.1, 0.15) is 0 Å². The second kappa shape index (κ2) is 3.36. The fourth-order valence-electron chi connectivity index (χ4n) is 0.619. The number of hydrogen-bond donors (Lipinski definition) is 0. The zero-order valence-corrected chi connectivity index (χ0v) is 6.01. The molecule has 0 aromatic heterocycles. The van der Waals surface area contributed by atoms with Gasteiger partial charge < -0.3 is 0 Å². The van der Waals surface area contributed by atoms with Crippen molar-refractivity contribution >= 4 is 11.8 Å². The summed E-state index contributed by atoms with van der Waals surface area (Å²) in [5.41, 5.74) is 0. The smallest absolute Gasteiger partial charge is 0.0619 e. The highest BCUT2D eigenvalue weighted by atomic mass is 32.2. The molecular formula is C8H9S+. The van der Waals surface area contributed by atoms with Crippen molar-refractivity contribution in [3.05, 3.63) is 42.3 Å². The molecule has 0 spiro atoms. The van der Waals surface area contributed by atoms with E-state index in [2.05, 4.69) is 18.7 Å². The molecule has 0 N–H and O–H groups in total. The molecule has 0 aliphatic rings. The summed E-state index contributed by atoms with van der Waals surface area (Å²) in [6.07, 6.45) is 0. The van der Waals surface area contributed by atoms with Gasteiger partial charge >= 0.3 is 0 Å². The van der Waals surface area contributed by atoms with Gasteiger partial charge in [-0.2, -0.15) is 0 Å². The minimum absolute atomic E-state index is 1.20. The molecule has 9 heavy (non-hydrogen) atoms. The molecule has 0 bridgehead atoms. The van der Waals surface area contributed by atoms with Gasteiger partial charge in [0.15, 0.2) is 4.90 Å². The van der Waals surface area contributed by atoms with E-state index in [0.29, 0.717) is 0 Å². The summed E-state index contributed by atoms with van der Waals surface area (Å²) >= 11 is 1.20. The van der Waals surface area contributed by atoms with Crippen LogP contribution in [-0.4, -0.2) is 0 Å². The predicted molar refractivity (Wildman–Crippen MR) is 43.7 cm³/mol. The summed E-state index contributed by atoms with van der Waals surface area (Å²) in [6, 6.07) is 10.3. The average Bonchev–Trinajstić information content (AvgIpc) is 1.91. The summed E-state index contributed by atoms with van der Waals surface area (Å²) in [5.74, 6) is 0. The highest BCUT2D eigenvalue weighted by molar-refractivity contribution is 7.81. The number of benzene rings is 1. The molecule has 1 heteroatoms. The molecule has 0 heterocycles. The summed E-state index contributed by atoms with van der Waals surface area (Å²) in [7, 11) is 0. The van der Waals surface area contributed by atoms with E-state index in [1.165, 1.54) is 16.7 Å². The molecule has 0 unspecified atom stereocenters. The summed E-state index contributed by atoms with van der Waals surface area (Å²) in [6.45, 7) is 3.64. The molecule has 1 aromatic carbocycles. The zero-order valence-electron chi connectivity index (χ0n) is 5.12. The topological polar surface area (TPSA) is 0 Å². The molecule has 0 amide bonds. The quantitative estimate of drug-likeness (QED) is 0.432. The number of hydrogen-bond acceptors (Lipinski definition) is 0. The minimum Gasteiger partial charge on any atom is -0.0619 e. The Morgan fingerprint density at radius 2 is 1.89 bits per heavy atom. The predicted octanol–water partition coefficient (Wildman–Crippen LogP) is 2.00. The van der Waals surface area contributed by atoms with Gasteiger partial charge in [0.25, 0.3) is 0 Å². The Bertz CT molecular complexity index is 179. The van der Waals surface area contributed by atoms with E-state index < -0.39 is 0 Å². The minimum atomic E-state index is 1.20. The van der Waals surface area contributed by atoms with Crippen LogP contribution in [0.4, 0.5) is 0 Å². The Morgan fingerprint density at radius 1 is 1.22 bits per heavy atom. The average molecular weight is 137 g/mol. The van der Waals surface area contributed by atoms with Gasteiger partial charge in [-0.3, -0.25) is 0 Å². The van der Waals surface area contributed by atoms with Crippen molar-refractivity contribution in [2.45, 2.75) is 4.90 Å². The van der Waals surface area contributed by atoms with Crippen molar-refractivity contribution in [3.63, 3.8) is 0 Å². The van der Waals surface area contributed by atoms with Crippen LogP contribution in [0.3, 0.4) is 0 Å². The first-order valence-electron chi connectivity index (χ1n) is 2.80. The van der Waals surface area contributed by atoms with Gasteiger partial charge in [0, 0.05) is 11.8 Å². The lowest BCUT2D eigenvalue weighted by Crippen LogP contribution is -1.73. The Balaban J connectivity index is 2.72. The van der Waals surface area contributed by atoms with Crippen LogP contribution >= 0.6 is 0 Å². The van der Waals surface area contributed by atoms with Gasteiger partial charge in [-0.15, -0.1) is 0 Å². The van der Waals surface area contributed by atoms with Crippen molar-refractivity contribution in [2.75, 3.05) is 0 Å². The maximum absolute atomic E-state index is 3.64. The van der Waals surface area contributed by atoms with Crippen LogP contribution in [0.25, 0.3) is 0 Å². The highest BCUT2D eigenvalue weighted by Gasteiger charge is 1.92. The summed E-state index contributed by atoms with van der Waals surface area (Å²) in [4.78, 5) is 1.30. The van der Waals surface area contributed by atoms with Gasteiger partial charge in [0.1, 0.15) is 5.41 Å². The summed E-state index contributed by atoms with van der Waals surface area (Å²) in [5, 5.41) is 1.88. The Kier molecular flexibility index (Phi) is 2.40. The second-order valence-corrected chi connectivity index (χ2v) is 2.79. The third kappa shape index (κ3) is 1.94. The molecule has 0 fully saturated rings. The van der Waals surface area contributed by atoms with E-state index in [4.69, 9.17) is 0 Å². The first-order valence-corrected chi connectivity index (χ1v) is 3.76. The molecule has 0 saturated heterocycles. The fraction of sp³-hybridized carbons (Fsp3) is 0. The van der Waals surface area contributed by atoms with E-state index in [9.17, 15) is 0 Å². The molecule has 46 valence electrons. The highest BCUT2D eigenvalue weighted by Crippen LogP contribution is 2.00. The molecule has 0 aliphatic heterocycles. The fourth-order valence-corrected chi connectivity index (χ4v) is 1.17. The molecule has 0 nitrogen and oxygen atoms in total. The number of rotatable bonds is 2. The zero-order chi connectivity index (χ0) is 6.53. The number of thiol groups is 1. The van der Waals surface area contributed by atoms with Crippen molar-refractivity contribution in [3.8, 4) is 0 Å². The van der Waals surface area contributed by atoms with E-state index in [-0.39, 0.29) is 0 Å². The summed E-state index contributed by atoms with van der Waals surface area (Å²) < 4.78 is 0. The first kappa shape index (κ1) is 6.43. The normalized spacial score (nSPS) is 8.89. The molecule has 0 saturated carbocycles. The Morgan fingerprint density at radius 3 is 2.44 bits per heavy atom. The van der Waals surface area contributed by atoms with Gasteiger partial charge in [-0.25, -0.2) is 0 Å². The maximum atomic E-state index is 3.64. The molecular weight excluding hydrogens is 128 g/mol. The van der Waals surface area contributed by atoms with Crippen LogP contribution in [0.2, 0.25) is 0 Å². The largest absolute Gasteiger partial charge is 0.157 e. The molecule has 0 radical (unpaired) electrons. The van der Waals surface area contributed by atoms with E-state index >= 15 is 0 Å². The third-order valence-electron chi connectivity index (χ3n) is 0.997. The Hall–Kier alpha value is -0.690. The molecule has 0 atom stereocenters.